The Morgan fingerprint density at radius 1 is 1.00 bits per heavy atom. The molecule has 2 saturated carbocycles. The van der Waals surface area contributed by atoms with E-state index in [9.17, 15) is 0 Å². The monoisotopic (exact) mass is 222 g/mol. The van der Waals surface area contributed by atoms with Gasteiger partial charge in [0.05, 0.1) is 0 Å². The summed E-state index contributed by atoms with van der Waals surface area (Å²) < 4.78 is 0. The minimum absolute atomic E-state index is 0.923. The van der Waals surface area contributed by atoms with Crippen molar-refractivity contribution in [3.63, 3.8) is 0 Å². The Labute approximate surface area is 102 Å². The normalized spacial score (nSPS) is 45.0. The quantitative estimate of drug-likeness (QED) is 0.629. The van der Waals surface area contributed by atoms with Crippen LogP contribution >= 0.6 is 0 Å². The zero-order valence-corrected chi connectivity index (χ0v) is 11.9. The van der Waals surface area contributed by atoms with Gasteiger partial charge < -0.3 is 0 Å². The van der Waals surface area contributed by atoms with Gasteiger partial charge in [-0.1, -0.05) is 47.5 Å². The molecule has 0 saturated heterocycles. The standard InChI is InChI=1S/C16H30/c1-6-13-11(4)7-8-14(13)12(5)16-9-15(16)10(2)3/h10-16H,6-9H2,1-5H3. The highest BCUT2D eigenvalue weighted by Gasteiger charge is 2.47. The molecule has 0 aliphatic heterocycles. The lowest BCUT2D eigenvalue weighted by atomic mass is 9.78. The van der Waals surface area contributed by atoms with Gasteiger partial charge in [0, 0.05) is 0 Å². The van der Waals surface area contributed by atoms with Crippen LogP contribution in [0.4, 0.5) is 0 Å². The minimum atomic E-state index is 0.923. The Bertz CT molecular complexity index is 230. The molecule has 0 amide bonds. The largest absolute Gasteiger partial charge is 0.0651 e. The molecule has 0 aromatic carbocycles. The first-order chi connectivity index (χ1) is 7.56. The van der Waals surface area contributed by atoms with Crippen LogP contribution in [-0.2, 0) is 0 Å². The molecule has 0 spiro atoms. The van der Waals surface area contributed by atoms with E-state index in [1.165, 1.54) is 25.7 Å². The summed E-state index contributed by atoms with van der Waals surface area (Å²) in [6.45, 7) is 12.3. The van der Waals surface area contributed by atoms with Crippen molar-refractivity contribution in [3.8, 4) is 0 Å². The summed E-state index contributed by atoms with van der Waals surface area (Å²) in [7, 11) is 0. The predicted octanol–water partition coefficient (Wildman–Crippen LogP) is 4.99. The molecule has 0 heterocycles. The summed E-state index contributed by atoms with van der Waals surface area (Å²) in [4.78, 5) is 0. The van der Waals surface area contributed by atoms with Gasteiger partial charge in [-0.25, -0.2) is 0 Å². The molecule has 0 heteroatoms. The molecule has 0 aromatic rings. The molecule has 94 valence electrons. The maximum Gasteiger partial charge on any atom is -0.0352 e. The van der Waals surface area contributed by atoms with E-state index in [0.717, 1.165) is 41.4 Å². The number of hydrogen-bond donors (Lipinski definition) is 0. The molecule has 16 heavy (non-hydrogen) atoms. The third-order valence-corrected chi connectivity index (χ3v) is 5.81. The van der Waals surface area contributed by atoms with Gasteiger partial charge in [0.25, 0.3) is 0 Å². The molecule has 2 fully saturated rings. The SMILES string of the molecule is CCC1C(C)CCC1C(C)C1CC1C(C)C. The average molecular weight is 222 g/mol. The molecule has 0 nitrogen and oxygen atoms in total. The van der Waals surface area contributed by atoms with Gasteiger partial charge >= 0.3 is 0 Å². The van der Waals surface area contributed by atoms with Gasteiger partial charge in [0.2, 0.25) is 0 Å². The molecule has 2 aliphatic carbocycles. The maximum absolute atomic E-state index is 2.55. The van der Waals surface area contributed by atoms with Crippen LogP contribution in [0.5, 0.6) is 0 Å². The second-order valence-electron chi connectivity index (χ2n) is 6.96. The van der Waals surface area contributed by atoms with E-state index in [0.29, 0.717) is 0 Å². The molecule has 2 aliphatic rings. The average Bonchev–Trinajstić information content (AvgIpc) is 2.95. The number of hydrogen-bond acceptors (Lipinski definition) is 0. The number of rotatable bonds is 4. The van der Waals surface area contributed by atoms with Crippen molar-refractivity contribution in [1.29, 1.82) is 0 Å². The summed E-state index contributed by atoms with van der Waals surface area (Å²) in [6, 6.07) is 0. The lowest BCUT2D eigenvalue weighted by Gasteiger charge is -2.28. The highest BCUT2D eigenvalue weighted by Crippen LogP contribution is 2.55. The van der Waals surface area contributed by atoms with E-state index in [2.05, 4.69) is 34.6 Å². The smallest absolute Gasteiger partial charge is 0.0352 e. The van der Waals surface area contributed by atoms with Crippen LogP contribution in [0.25, 0.3) is 0 Å². The Kier molecular flexibility index (Phi) is 3.66. The van der Waals surface area contributed by atoms with Crippen LogP contribution in [0.3, 0.4) is 0 Å². The fraction of sp³-hybridized carbons (Fsp3) is 1.00. The van der Waals surface area contributed by atoms with Crippen LogP contribution in [0, 0.1) is 41.4 Å². The van der Waals surface area contributed by atoms with Crippen molar-refractivity contribution in [2.75, 3.05) is 0 Å². The van der Waals surface area contributed by atoms with E-state index in [-0.39, 0.29) is 0 Å². The first-order valence-corrected chi connectivity index (χ1v) is 7.56. The van der Waals surface area contributed by atoms with Crippen molar-refractivity contribution in [2.24, 2.45) is 41.4 Å². The summed E-state index contributed by atoms with van der Waals surface area (Å²) in [6.07, 6.45) is 5.95. The lowest BCUT2D eigenvalue weighted by molar-refractivity contribution is 0.210. The van der Waals surface area contributed by atoms with Crippen molar-refractivity contribution < 1.29 is 0 Å². The first kappa shape index (κ1) is 12.5. The summed E-state index contributed by atoms with van der Waals surface area (Å²) in [5.41, 5.74) is 0. The molecule has 6 unspecified atom stereocenters. The van der Waals surface area contributed by atoms with E-state index in [4.69, 9.17) is 0 Å². The molecule has 2 rings (SSSR count). The Hall–Kier alpha value is 0. The van der Waals surface area contributed by atoms with Crippen LogP contribution in [-0.4, -0.2) is 0 Å². The van der Waals surface area contributed by atoms with Crippen LogP contribution in [0.15, 0.2) is 0 Å². The lowest BCUT2D eigenvalue weighted by Crippen LogP contribution is -2.21. The van der Waals surface area contributed by atoms with E-state index in [1.54, 1.807) is 0 Å². The molecular formula is C16H30. The molecule has 0 radical (unpaired) electrons. The fourth-order valence-electron chi connectivity index (χ4n) is 4.59. The predicted molar refractivity (Wildman–Crippen MR) is 71.3 cm³/mol. The molecular weight excluding hydrogens is 192 g/mol. The zero-order chi connectivity index (χ0) is 11.9. The second kappa shape index (κ2) is 4.70. The fourth-order valence-corrected chi connectivity index (χ4v) is 4.59. The third-order valence-electron chi connectivity index (χ3n) is 5.81. The summed E-state index contributed by atoms with van der Waals surface area (Å²) in [5.74, 6) is 7.13. The van der Waals surface area contributed by atoms with E-state index < -0.39 is 0 Å². The highest BCUT2D eigenvalue weighted by atomic mass is 14.5. The van der Waals surface area contributed by atoms with Gasteiger partial charge in [0.1, 0.15) is 0 Å². The van der Waals surface area contributed by atoms with Crippen molar-refractivity contribution in [1.82, 2.24) is 0 Å². The molecule has 0 N–H and O–H groups in total. The summed E-state index contributed by atoms with van der Waals surface area (Å²) >= 11 is 0. The second-order valence-corrected chi connectivity index (χ2v) is 6.96. The molecule has 0 bridgehead atoms. The topological polar surface area (TPSA) is 0 Å². The van der Waals surface area contributed by atoms with Crippen LogP contribution < -0.4 is 0 Å². The van der Waals surface area contributed by atoms with E-state index in [1.807, 2.05) is 0 Å². The first-order valence-electron chi connectivity index (χ1n) is 7.56. The Balaban J connectivity index is 1.93. The van der Waals surface area contributed by atoms with Crippen LogP contribution in [0.1, 0.15) is 60.3 Å². The third kappa shape index (κ3) is 2.17. The van der Waals surface area contributed by atoms with Crippen molar-refractivity contribution in [3.05, 3.63) is 0 Å². The minimum Gasteiger partial charge on any atom is -0.0651 e. The van der Waals surface area contributed by atoms with Gasteiger partial charge in [0.15, 0.2) is 0 Å². The highest BCUT2D eigenvalue weighted by molar-refractivity contribution is 4.96. The van der Waals surface area contributed by atoms with Crippen LogP contribution in [0.2, 0.25) is 0 Å². The Morgan fingerprint density at radius 2 is 1.69 bits per heavy atom. The van der Waals surface area contributed by atoms with Crippen molar-refractivity contribution in [2.45, 2.75) is 60.3 Å². The van der Waals surface area contributed by atoms with Gasteiger partial charge in [-0.3, -0.25) is 0 Å². The van der Waals surface area contributed by atoms with Gasteiger partial charge in [-0.15, -0.1) is 0 Å². The maximum atomic E-state index is 2.55. The van der Waals surface area contributed by atoms with Crippen molar-refractivity contribution >= 4 is 0 Å². The van der Waals surface area contributed by atoms with E-state index >= 15 is 0 Å². The molecule has 0 aromatic heterocycles. The van der Waals surface area contributed by atoms with Gasteiger partial charge in [-0.05, 0) is 54.3 Å². The van der Waals surface area contributed by atoms with Gasteiger partial charge in [-0.2, -0.15) is 0 Å². The zero-order valence-electron chi connectivity index (χ0n) is 11.9. The summed E-state index contributed by atoms with van der Waals surface area (Å²) in [5, 5.41) is 0. The molecule has 6 atom stereocenters. The Morgan fingerprint density at radius 3 is 2.19 bits per heavy atom.